The van der Waals surface area contributed by atoms with Gasteiger partial charge in [0.1, 0.15) is 4.88 Å². The van der Waals surface area contributed by atoms with E-state index in [4.69, 9.17) is 5.11 Å². The zero-order valence-electron chi connectivity index (χ0n) is 7.04. The van der Waals surface area contributed by atoms with E-state index in [0.717, 1.165) is 24.8 Å². The molecule has 0 unspecified atom stereocenters. The van der Waals surface area contributed by atoms with E-state index in [-0.39, 0.29) is 0 Å². The SMILES string of the molecule is CCCCc1csc(C(=O)O)c1. The van der Waals surface area contributed by atoms with Crippen molar-refractivity contribution in [2.45, 2.75) is 26.2 Å². The second-order valence-corrected chi connectivity index (χ2v) is 3.64. The van der Waals surface area contributed by atoms with Gasteiger partial charge in [-0.1, -0.05) is 13.3 Å². The average molecular weight is 184 g/mol. The molecule has 1 heterocycles. The summed E-state index contributed by atoms with van der Waals surface area (Å²) in [7, 11) is 0. The molecule has 0 aliphatic heterocycles. The minimum absolute atomic E-state index is 0.445. The minimum Gasteiger partial charge on any atom is -0.477 e. The normalized spacial score (nSPS) is 10.1. The first kappa shape index (κ1) is 9.26. The molecule has 3 heteroatoms. The Morgan fingerprint density at radius 1 is 1.67 bits per heavy atom. The summed E-state index contributed by atoms with van der Waals surface area (Å²) in [5.41, 5.74) is 1.15. The van der Waals surface area contributed by atoms with Gasteiger partial charge in [-0.15, -0.1) is 11.3 Å². The molecule has 0 radical (unpaired) electrons. The molecule has 0 aromatic carbocycles. The molecule has 0 aliphatic carbocycles. The molecular weight excluding hydrogens is 172 g/mol. The maximum atomic E-state index is 10.5. The zero-order valence-corrected chi connectivity index (χ0v) is 7.86. The van der Waals surface area contributed by atoms with Crippen LogP contribution in [0.4, 0.5) is 0 Å². The van der Waals surface area contributed by atoms with Crippen molar-refractivity contribution in [3.05, 3.63) is 21.9 Å². The zero-order chi connectivity index (χ0) is 8.97. The second kappa shape index (κ2) is 4.26. The van der Waals surface area contributed by atoms with Gasteiger partial charge >= 0.3 is 5.97 Å². The van der Waals surface area contributed by atoms with E-state index in [2.05, 4.69) is 6.92 Å². The topological polar surface area (TPSA) is 37.3 Å². The summed E-state index contributed by atoms with van der Waals surface area (Å²) in [6.07, 6.45) is 3.29. The molecule has 0 spiro atoms. The molecule has 12 heavy (non-hydrogen) atoms. The number of aryl methyl sites for hydroxylation is 1. The molecule has 1 aromatic heterocycles. The first-order valence-corrected chi connectivity index (χ1v) is 4.92. The van der Waals surface area contributed by atoms with E-state index in [1.165, 1.54) is 11.3 Å². The van der Waals surface area contributed by atoms with Crippen LogP contribution in [0, 0.1) is 0 Å². The number of carboxylic acid groups (broad SMARTS) is 1. The largest absolute Gasteiger partial charge is 0.477 e. The number of aromatic carboxylic acids is 1. The molecule has 0 saturated carbocycles. The molecule has 0 aliphatic rings. The molecule has 0 saturated heterocycles. The van der Waals surface area contributed by atoms with Crippen LogP contribution in [0.25, 0.3) is 0 Å². The number of thiophene rings is 1. The summed E-state index contributed by atoms with van der Waals surface area (Å²) in [4.78, 5) is 10.9. The van der Waals surface area contributed by atoms with Gasteiger partial charge in [0.2, 0.25) is 0 Å². The van der Waals surface area contributed by atoms with Crippen LogP contribution in [-0.4, -0.2) is 11.1 Å². The Labute approximate surface area is 75.9 Å². The number of carboxylic acids is 1. The Hall–Kier alpha value is -0.830. The highest BCUT2D eigenvalue weighted by Gasteiger charge is 2.05. The summed E-state index contributed by atoms with van der Waals surface area (Å²) >= 11 is 1.31. The maximum Gasteiger partial charge on any atom is 0.345 e. The number of carbonyl (C=O) groups is 1. The van der Waals surface area contributed by atoms with E-state index in [9.17, 15) is 4.79 Å². The Morgan fingerprint density at radius 2 is 2.42 bits per heavy atom. The fourth-order valence-electron chi connectivity index (χ4n) is 1.000. The van der Waals surface area contributed by atoms with Crippen LogP contribution < -0.4 is 0 Å². The van der Waals surface area contributed by atoms with Gasteiger partial charge in [-0.05, 0) is 29.9 Å². The van der Waals surface area contributed by atoms with Crippen molar-refractivity contribution in [3.63, 3.8) is 0 Å². The maximum absolute atomic E-state index is 10.5. The molecule has 2 nitrogen and oxygen atoms in total. The van der Waals surface area contributed by atoms with Crippen molar-refractivity contribution < 1.29 is 9.90 Å². The lowest BCUT2D eigenvalue weighted by atomic mass is 10.1. The van der Waals surface area contributed by atoms with Crippen LogP contribution in [-0.2, 0) is 6.42 Å². The van der Waals surface area contributed by atoms with Crippen molar-refractivity contribution in [2.24, 2.45) is 0 Å². The third-order valence-electron chi connectivity index (χ3n) is 1.68. The number of rotatable bonds is 4. The van der Waals surface area contributed by atoms with Gasteiger partial charge in [-0.2, -0.15) is 0 Å². The van der Waals surface area contributed by atoms with Crippen molar-refractivity contribution in [1.82, 2.24) is 0 Å². The standard InChI is InChI=1S/C9H12O2S/c1-2-3-4-7-5-8(9(10)11)12-6-7/h5-6H,2-4H2,1H3,(H,10,11). The van der Waals surface area contributed by atoms with Crippen LogP contribution in [0.3, 0.4) is 0 Å². The Bertz CT molecular complexity index is 265. The summed E-state index contributed by atoms with van der Waals surface area (Å²) in [6.45, 7) is 2.13. The van der Waals surface area contributed by atoms with Crippen LogP contribution in [0.5, 0.6) is 0 Å². The number of unbranched alkanes of at least 4 members (excludes halogenated alkanes) is 1. The van der Waals surface area contributed by atoms with E-state index in [1.54, 1.807) is 6.07 Å². The predicted molar refractivity (Wildman–Crippen MR) is 49.9 cm³/mol. The second-order valence-electron chi connectivity index (χ2n) is 2.73. The highest BCUT2D eigenvalue weighted by Crippen LogP contribution is 2.16. The van der Waals surface area contributed by atoms with Gasteiger partial charge < -0.3 is 5.11 Å². The van der Waals surface area contributed by atoms with Gasteiger partial charge in [0, 0.05) is 0 Å². The fourth-order valence-corrected chi connectivity index (χ4v) is 1.78. The molecule has 0 fully saturated rings. The quantitative estimate of drug-likeness (QED) is 0.781. The highest BCUT2D eigenvalue weighted by molar-refractivity contribution is 7.12. The molecule has 0 atom stereocenters. The van der Waals surface area contributed by atoms with E-state index >= 15 is 0 Å². The average Bonchev–Trinajstić information content (AvgIpc) is 2.48. The van der Waals surface area contributed by atoms with E-state index in [0.29, 0.717) is 4.88 Å². The van der Waals surface area contributed by atoms with Gasteiger partial charge in [0.05, 0.1) is 0 Å². The van der Waals surface area contributed by atoms with Crippen LogP contribution in [0.2, 0.25) is 0 Å². The lowest BCUT2D eigenvalue weighted by molar-refractivity contribution is 0.0702. The monoisotopic (exact) mass is 184 g/mol. The van der Waals surface area contributed by atoms with E-state index in [1.807, 2.05) is 5.38 Å². The Kier molecular flexibility index (Phi) is 3.29. The van der Waals surface area contributed by atoms with Gasteiger partial charge in [0.15, 0.2) is 0 Å². The van der Waals surface area contributed by atoms with Crippen molar-refractivity contribution >= 4 is 17.3 Å². The first-order chi connectivity index (χ1) is 5.74. The van der Waals surface area contributed by atoms with Gasteiger partial charge in [-0.25, -0.2) is 4.79 Å². The number of hydrogen-bond donors (Lipinski definition) is 1. The Balaban J connectivity index is 2.58. The summed E-state index contributed by atoms with van der Waals surface area (Å²) in [5, 5.41) is 10.6. The van der Waals surface area contributed by atoms with Gasteiger partial charge in [-0.3, -0.25) is 0 Å². The molecule has 66 valence electrons. The van der Waals surface area contributed by atoms with Gasteiger partial charge in [0.25, 0.3) is 0 Å². The fraction of sp³-hybridized carbons (Fsp3) is 0.444. The molecule has 1 N–H and O–H groups in total. The smallest absolute Gasteiger partial charge is 0.345 e. The van der Waals surface area contributed by atoms with Crippen LogP contribution in [0.15, 0.2) is 11.4 Å². The third kappa shape index (κ3) is 2.34. The predicted octanol–water partition coefficient (Wildman–Crippen LogP) is 2.79. The molecule has 1 aromatic rings. The lowest BCUT2D eigenvalue weighted by Crippen LogP contribution is -1.90. The summed E-state index contributed by atoms with van der Waals surface area (Å²) in [5.74, 6) is -0.817. The lowest BCUT2D eigenvalue weighted by Gasteiger charge is -1.91. The summed E-state index contributed by atoms with van der Waals surface area (Å²) < 4.78 is 0. The first-order valence-electron chi connectivity index (χ1n) is 4.04. The van der Waals surface area contributed by atoms with Crippen LogP contribution >= 0.6 is 11.3 Å². The van der Waals surface area contributed by atoms with E-state index < -0.39 is 5.97 Å². The Morgan fingerprint density at radius 3 is 2.92 bits per heavy atom. The molecule has 0 amide bonds. The third-order valence-corrected chi connectivity index (χ3v) is 2.65. The number of hydrogen-bond acceptors (Lipinski definition) is 2. The molecular formula is C9H12O2S. The highest BCUT2D eigenvalue weighted by atomic mass is 32.1. The molecule has 0 bridgehead atoms. The van der Waals surface area contributed by atoms with Crippen molar-refractivity contribution in [3.8, 4) is 0 Å². The van der Waals surface area contributed by atoms with Crippen LogP contribution in [0.1, 0.15) is 35.0 Å². The summed E-state index contributed by atoms with van der Waals surface area (Å²) in [6, 6.07) is 1.77. The molecule has 1 rings (SSSR count). The van der Waals surface area contributed by atoms with Crippen molar-refractivity contribution in [2.75, 3.05) is 0 Å². The minimum atomic E-state index is -0.817. The van der Waals surface area contributed by atoms with Crippen molar-refractivity contribution in [1.29, 1.82) is 0 Å².